The maximum absolute atomic E-state index is 12.8. The van der Waals surface area contributed by atoms with Crippen LogP contribution in [0.1, 0.15) is 55.5 Å². The number of carbonyl (C=O) groups excluding carboxylic acids is 2. The van der Waals surface area contributed by atoms with Gasteiger partial charge >= 0.3 is 5.97 Å². The van der Waals surface area contributed by atoms with Gasteiger partial charge in [0.05, 0.1) is 6.10 Å². The number of phenols is 1. The predicted octanol–water partition coefficient (Wildman–Crippen LogP) is 1.58. The molecule has 4 N–H and O–H groups in total. The van der Waals surface area contributed by atoms with Gasteiger partial charge in [0, 0.05) is 19.0 Å². The zero-order valence-electron chi connectivity index (χ0n) is 17.9. The van der Waals surface area contributed by atoms with Gasteiger partial charge in [0.15, 0.2) is 5.78 Å². The maximum atomic E-state index is 12.8. The Morgan fingerprint density at radius 2 is 1.90 bits per heavy atom. The number of ketones is 1. The second-order valence-corrected chi connectivity index (χ2v) is 7.93. The van der Waals surface area contributed by atoms with E-state index in [1.54, 1.807) is 20.0 Å². The summed E-state index contributed by atoms with van der Waals surface area (Å²) >= 11 is 0. The lowest BCUT2D eigenvalue weighted by molar-refractivity contribution is -0.133. The number of benzene rings is 1. The molecule has 8 heteroatoms. The van der Waals surface area contributed by atoms with Gasteiger partial charge in [-0.25, -0.2) is 4.79 Å². The number of hydrogen-bond donors (Lipinski definition) is 4. The summed E-state index contributed by atoms with van der Waals surface area (Å²) in [4.78, 5) is 25.0. The first-order chi connectivity index (χ1) is 14.2. The molecule has 0 fully saturated rings. The van der Waals surface area contributed by atoms with E-state index in [0.29, 0.717) is 43.7 Å². The Labute approximate surface area is 177 Å². The van der Waals surface area contributed by atoms with E-state index in [0.717, 1.165) is 0 Å². The largest absolute Gasteiger partial charge is 0.507 e. The lowest BCUT2D eigenvalue weighted by atomic mass is 9.93. The molecule has 0 spiro atoms. The smallest absolute Gasteiger partial charge is 0.342 e. The molecule has 1 aromatic carbocycles. The van der Waals surface area contributed by atoms with Crippen LogP contribution in [0.15, 0.2) is 12.1 Å². The standard InChI is InChI=1S/C22H33NO7/c1-13-7-8-18(25)21(27)17(24)6-4-5-15-11-16(29-10-9-23-3)12-19(26)20(15)22(28)30-14(13)2/h11-14,17,21,23-24,26-27H,4-10H2,1-3H3/t13-,14?,17?,21?/m1/s1. The number of aliphatic hydroxyl groups excluding tert-OH is 2. The minimum absolute atomic E-state index is 0.0817. The number of phenolic OH excluding ortho intramolecular Hbond substituents is 1. The summed E-state index contributed by atoms with van der Waals surface area (Å²) in [6.07, 6.45) is -1.67. The van der Waals surface area contributed by atoms with Crippen molar-refractivity contribution in [2.24, 2.45) is 5.92 Å². The van der Waals surface area contributed by atoms with Crippen LogP contribution in [-0.2, 0) is 16.0 Å². The van der Waals surface area contributed by atoms with E-state index in [4.69, 9.17) is 9.47 Å². The molecule has 4 atom stereocenters. The van der Waals surface area contributed by atoms with Crippen LogP contribution in [0.25, 0.3) is 0 Å². The van der Waals surface area contributed by atoms with Gasteiger partial charge in [0.25, 0.3) is 0 Å². The third kappa shape index (κ3) is 6.42. The molecule has 0 radical (unpaired) electrons. The van der Waals surface area contributed by atoms with Gasteiger partial charge in [0.2, 0.25) is 0 Å². The summed E-state index contributed by atoms with van der Waals surface area (Å²) in [6, 6.07) is 3.07. The van der Waals surface area contributed by atoms with E-state index in [1.807, 2.05) is 6.92 Å². The van der Waals surface area contributed by atoms with Crippen LogP contribution in [0.2, 0.25) is 0 Å². The number of carbonyl (C=O) groups is 2. The Hall–Kier alpha value is -2.16. The fourth-order valence-corrected chi connectivity index (χ4v) is 3.41. The maximum Gasteiger partial charge on any atom is 0.342 e. The van der Waals surface area contributed by atoms with Crippen molar-refractivity contribution in [2.45, 2.75) is 64.3 Å². The number of aryl methyl sites for hydroxylation is 1. The molecule has 1 aliphatic rings. The molecule has 8 nitrogen and oxygen atoms in total. The van der Waals surface area contributed by atoms with E-state index >= 15 is 0 Å². The van der Waals surface area contributed by atoms with Gasteiger partial charge < -0.3 is 30.1 Å². The SMILES string of the molecule is CNCCOc1cc(O)c2c(c1)CCCC(O)C(O)C(=O)CC[C@@H](C)C(C)OC2=O. The Kier molecular flexibility index (Phi) is 9.08. The minimum Gasteiger partial charge on any atom is -0.507 e. The summed E-state index contributed by atoms with van der Waals surface area (Å²) in [5.74, 6) is -0.983. The Bertz CT molecular complexity index is 736. The average molecular weight is 424 g/mol. The van der Waals surface area contributed by atoms with Crippen molar-refractivity contribution in [3.8, 4) is 11.5 Å². The van der Waals surface area contributed by atoms with Crippen LogP contribution in [0.3, 0.4) is 0 Å². The lowest BCUT2D eigenvalue weighted by Gasteiger charge is -2.23. The topological polar surface area (TPSA) is 125 Å². The van der Waals surface area contributed by atoms with Gasteiger partial charge in [-0.1, -0.05) is 6.92 Å². The van der Waals surface area contributed by atoms with Crippen LogP contribution in [0.5, 0.6) is 11.5 Å². The molecule has 1 aromatic rings. The molecule has 168 valence electrons. The number of likely N-dealkylation sites (N-methyl/N-ethyl adjacent to an activating group) is 1. The molecule has 0 aromatic heterocycles. The van der Waals surface area contributed by atoms with Gasteiger partial charge in [-0.2, -0.15) is 0 Å². The summed E-state index contributed by atoms with van der Waals surface area (Å²) in [5, 5.41) is 33.8. The van der Waals surface area contributed by atoms with Crippen molar-refractivity contribution in [3.05, 3.63) is 23.3 Å². The molecule has 0 saturated carbocycles. The summed E-state index contributed by atoms with van der Waals surface area (Å²) < 4.78 is 11.2. The molecular formula is C22H33NO7. The van der Waals surface area contributed by atoms with Crippen molar-refractivity contribution in [1.29, 1.82) is 0 Å². The first kappa shape index (κ1) is 24.1. The lowest BCUT2D eigenvalue weighted by Crippen LogP contribution is -2.34. The monoisotopic (exact) mass is 423 g/mol. The average Bonchev–Trinajstić information content (AvgIpc) is 2.70. The van der Waals surface area contributed by atoms with Crippen molar-refractivity contribution in [2.75, 3.05) is 20.2 Å². The highest BCUT2D eigenvalue weighted by molar-refractivity contribution is 5.94. The highest BCUT2D eigenvalue weighted by atomic mass is 16.5. The Morgan fingerprint density at radius 1 is 1.17 bits per heavy atom. The van der Waals surface area contributed by atoms with Gasteiger partial charge in [0.1, 0.15) is 35.9 Å². The van der Waals surface area contributed by atoms with Crippen LogP contribution >= 0.6 is 0 Å². The third-order valence-electron chi connectivity index (χ3n) is 5.58. The van der Waals surface area contributed by atoms with Crippen LogP contribution in [0, 0.1) is 5.92 Å². The van der Waals surface area contributed by atoms with E-state index < -0.39 is 30.1 Å². The first-order valence-corrected chi connectivity index (χ1v) is 10.5. The minimum atomic E-state index is -1.43. The van der Waals surface area contributed by atoms with Crippen molar-refractivity contribution in [1.82, 2.24) is 5.32 Å². The highest BCUT2D eigenvalue weighted by Crippen LogP contribution is 2.31. The number of Topliss-reactive ketones (excluding diaryl/α,β-unsaturated/α-hetero) is 1. The van der Waals surface area contributed by atoms with E-state index in [-0.39, 0.29) is 30.1 Å². The molecule has 0 bridgehead atoms. The predicted molar refractivity (Wildman–Crippen MR) is 111 cm³/mol. The number of aromatic hydroxyl groups is 1. The zero-order chi connectivity index (χ0) is 22.3. The summed E-state index contributed by atoms with van der Waals surface area (Å²) in [7, 11) is 1.80. The molecular weight excluding hydrogens is 390 g/mol. The number of aliphatic hydroxyl groups is 2. The normalized spacial score (nSPS) is 26.4. The molecule has 3 unspecified atom stereocenters. The Morgan fingerprint density at radius 3 is 2.60 bits per heavy atom. The first-order valence-electron chi connectivity index (χ1n) is 10.5. The number of fused-ring (bicyclic) bond motifs is 1. The van der Waals surface area contributed by atoms with E-state index in [2.05, 4.69) is 5.32 Å². The number of rotatable bonds is 4. The van der Waals surface area contributed by atoms with Crippen molar-refractivity contribution < 1.29 is 34.4 Å². The molecule has 30 heavy (non-hydrogen) atoms. The number of ether oxygens (including phenoxy) is 2. The van der Waals surface area contributed by atoms with E-state index in [1.165, 1.54) is 6.07 Å². The molecule has 0 saturated heterocycles. The number of nitrogens with one attached hydrogen (secondary N) is 1. The quantitative estimate of drug-likeness (QED) is 0.425. The molecule has 1 aliphatic heterocycles. The van der Waals surface area contributed by atoms with Crippen molar-refractivity contribution in [3.63, 3.8) is 0 Å². The van der Waals surface area contributed by atoms with E-state index in [9.17, 15) is 24.9 Å². The fraction of sp³-hybridized carbons (Fsp3) is 0.636. The number of esters is 1. The molecule has 1 heterocycles. The second kappa shape index (κ2) is 11.3. The number of hydrogen-bond acceptors (Lipinski definition) is 8. The molecule has 0 aliphatic carbocycles. The zero-order valence-corrected chi connectivity index (χ0v) is 17.9. The fourth-order valence-electron chi connectivity index (χ4n) is 3.41. The van der Waals surface area contributed by atoms with Crippen LogP contribution < -0.4 is 10.1 Å². The summed E-state index contributed by atoms with van der Waals surface area (Å²) in [6.45, 7) is 4.59. The van der Waals surface area contributed by atoms with Gasteiger partial charge in [-0.3, -0.25) is 4.79 Å². The highest BCUT2D eigenvalue weighted by Gasteiger charge is 2.28. The van der Waals surface area contributed by atoms with Crippen molar-refractivity contribution >= 4 is 11.8 Å². The van der Waals surface area contributed by atoms with Crippen LogP contribution in [0.4, 0.5) is 0 Å². The number of cyclic esters (lactones) is 1. The molecule has 2 rings (SSSR count). The second-order valence-electron chi connectivity index (χ2n) is 7.93. The van der Waals surface area contributed by atoms with Crippen LogP contribution in [-0.4, -0.2) is 65.6 Å². The van der Waals surface area contributed by atoms with Gasteiger partial charge in [-0.15, -0.1) is 0 Å². The van der Waals surface area contributed by atoms with Gasteiger partial charge in [-0.05, 0) is 57.2 Å². The Balaban J connectivity index is 2.33. The molecule has 0 amide bonds. The summed E-state index contributed by atoms with van der Waals surface area (Å²) in [5.41, 5.74) is 0.613. The third-order valence-corrected chi connectivity index (χ3v) is 5.58.